The predicted octanol–water partition coefficient (Wildman–Crippen LogP) is 4.21. The second-order valence-corrected chi connectivity index (χ2v) is 7.83. The molecule has 1 heterocycles. The van der Waals surface area contributed by atoms with Gasteiger partial charge in [-0.25, -0.2) is 0 Å². The Kier molecular flexibility index (Phi) is 6.43. The molecule has 0 aromatic carbocycles. The number of nitro groups is 1. The highest BCUT2D eigenvalue weighted by molar-refractivity contribution is 4.95. The molecule has 0 bridgehead atoms. The minimum absolute atomic E-state index is 0.00635. The largest absolute Gasteiger partial charge is 0.373 e. The first kappa shape index (κ1) is 18.7. The fourth-order valence-corrected chi connectivity index (χ4v) is 4.08. The molecule has 5 heteroatoms. The van der Waals surface area contributed by atoms with Crippen LogP contribution in [0.15, 0.2) is 0 Å². The molecule has 2 rings (SSSR count). The minimum Gasteiger partial charge on any atom is -0.373 e. The summed E-state index contributed by atoms with van der Waals surface area (Å²) in [5, 5.41) is 12.0. The average molecular weight is 327 g/mol. The molecule has 1 aliphatic heterocycles. The lowest BCUT2D eigenvalue weighted by atomic mass is 9.77. The topological polar surface area (TPSA) is 61.6 Å². The predicted molar refractivity (Wildman–Crippen MR) is 90.1 cm³/mol. The van der Waals surface area contributed by atoms with Crippen LogP contribution < -0.4 is 0 Å². The van der Waals surface area contributed by atoms with Crippen molar-refractivity contribution in [2.45, 2.75) is 96.5 Å². The molecule has 5 unspecified atom stereocenters. The number of fused-ring (bicyclic) bond motifs is 1. The zero-order valence-corrected chi connectivity index (χ0v) is 15.1. The van der Waals surface area contributed by atoms with Crippen LogP contribution in [0.4, 0.5) is 0 Å². The highest BCUT2D eigenvalue weighted by atomic mass is 16.6. The maximum Gasteiger partial charge on any atom is 0.227 e. The molecular formula is C18H33NO4. The number of unbranched alkanes of at least 4 members (excludes halogenated alkanes) is 2. The van der Waals surface area contributed by atoms with Crippen LogP contribution in [-0.2, 0) is 9.47 Å². The van der Waals surface area contributed by atoms with E-state index in [9.17, 15) is 10.1 Å². The Morgan fingerprint density at radius 1 is 1.26 bits per heavy atom. The van der Waals surface area contributed by atoms with Crippen molar-refractivity contribution >= 4 is 0 Å². The molecule has 2 fully saturated rings. The normalized spacial score (nSPS) is 38.1. The van der Waals surface area contributed by atoms with Crippen LogP contribution in [-0.4, -0.2) is 35.4 Å². The Bertz CT molecular complexity index is 400. The van der Waals surface area contributed by atoms with Crippen LogP contribution in [0.1, 0.15) is 72.6 Å². The summed E-state index contributed by atoms with van der Waals surface area (Å²) in [5.74, 6) is 0.492. The minimum atomic E-state index is -0.845. The SMILES string of the molecule is CCCCCC1([N+](=O)[O-])CC2OCC(C(C)C)OC2CCC1C. The first-order valence-corrected chi connectivity index (χ1v) is 9.32. The van der Waals surface area contributed by atoms with E-state index >= 15 is 0 Å². The molecule has 1 saturated heterocycles. The monoisotopic (exact) mass is 327 g/mol. The second kappa shape index (κ2) is 7.93. The van der Waals surface area contributed by atoms with Crippen molar-refractivity contribution in [3.63, 3.8) is 0 Å². The van der Waals surface area contributed by atoms with Gasteiger partial charge in [0, 0.05) is 23.7 Å². The fraction of sp³-hybridized carbons (Fsp3) is 1.00. The van der Waals surface area contributed by atoms with Crippen molar-refractivity contribution in [1.82, 2.24) is 0 Å². The van der Waals surface area contributed by atoms with Crippen LogP contribution in [0.2, 0.25) is 0 Å². The summed E-state index contributed by atoms with van der Waals surface area (Å²) in [7, 11) is 0. The van der Waals surface area contributed by atoms with Gasteiger partial charge in [-0.05, 0) is 25.2 Å². The van der Waals surface area contributed by atoms with Crippen molar-refractivity contribution in [2.24, 2.45) is 11.8 Å². The Hall–Kier alpha value is -0.680. The summed E-state index contributed by atoms with van der Waals surface area (Å²) in [6.07, 6.45) is 5.97. The number of hydrogen-bond acceptors (Lipinski definition) is 4. The van der Waals surface area contributed by atoms with Gasteiger partial charge in [0.2, 0.25) is 5.54 Å². The van der Waals surface area contributed by atoms with Gasteiger partial charge in [-0.3, -0.25) is 10.1 Å². The molecule has 0 aromatic rings. The summed E-state index contributed by atoms with van der Waals surface area (Å²) in [4.78, 5) is 12.0. The first-order chi connectivity index (χ1) is 10.9. The highest BCUT2D eigenvalue weighted by Crippen LogP contribution is 2.42. The van der Waals surface area contributed by atoms with E-state index in [1.54, 1.807) is 0 Å². The van der Waals surface area contributed by atoms with Gasteiger partial charge in [0.1, 0.15) is 0 Å². The first-order valence-electron chi connectivity index (χ1n) is 9.32. The highest BCUT2D eigenvalue weighted by Gasteiger charge is 2.53. The molecule has 0 aromatic heterocycles. The van der Waals surface area contributed by atoms with E-state index in [0.717, 1.165) is 32.1 Å². The van der Waals surface area contributed by atoms with Gasteiger partial charge < -0.3 is 9.47 Å². The Morgan fingerprint density at radius 2 is 2.00 bits per heavy atom. The number of nitrogens with zero attached hydrogens (tertiary/aromatic N) is 1. The maximum absolute atomic E-state index is 12.0. The second-order valence-electron chi connectivity index (χ2n) is 7.83. The van der Waals surface area contributed by atoms with Gasteiger partial charge >= 0.3 is 0 Å². The molecule has 0 amide bonds. The molecule has 5 nitrogen and oxygen atoms in total. The molecule has 5 atom stereocenters. The van der Waals surface area contributed by atoms with E-state index < -0.39 is 5.54 Å². The van der Waals surface area contributed by atoms with Crippen molar-refractivity contribution in [3.05, 3.63) is 10.1 Å². The molecule has 1 aliphatic carbocycles. The summed E-state index contributed by atoms with van der Waals surface area (Å²) >= 11 is 0. The van der Waals surface area contributed by atoms with Crippen molar-refractivity contribution < 1.29 is 14.4 Å². The molecule has 1 saturated carbocycles. The van der Waals surface area contributed by atoms with Crippen LogP contribution in [0, 0.1) is 22.0 Å². The Morgan fingerprint density at radius 3 is 2.61 bits per heavy atom. The third-order valence-electron chi connectivity index (χ3n) is 5.92. The van der Waals surface area contributed by atoms with Gasteiger partial charge in [-0.1, -0.05) is 40.5 Å². The molecule has 0 N–H and O–H groups in total. The van der Waals surface area contributed by atoms with Crippen molar-refractivity contribution in [3.8, 4) is 0 Å². The fourth-order valence-electron chi connectivity index (χ4n) is 4.08. The zero-order valence-electron chi connectivity index (χ0n) is 15.1. The quantitative estimate of drug-likeness (QED) is 0.416. The molecule has 2 aliphatic rings. The summed E-state index contributed by atoms with van der Waals surface area (Å²) in [6.45, 7) is 9.02. The molecule has 0 spiro atoms. The van der Waals surface area contributed by atoms with Gasteiger partial charge in [-0.15, -0.1) is 0 Å². The number of rotatable bonds is 6. The Balaban J connectivity index is 2.14. The standard InChI is InChI=1S/C18H33NO4/c1-5-6-7-10-18(19(20)21)11-16-15(9-8-14(18)4)23-17(12-22-16)13(2)3/h13-17H,5-12H2,1-4H3. The van der Waals surface area contributed by atoms with E-state index in [1.165, 1.54) is 0 Å². The van der Waals surface area contributed by atoms with E-state index in [0.29, 0.717) is 25.4 Å². The Labute approximate surface area is 140 Å². The van der Waals surface area contributed by atoms with Gasteiger partial charge in [0.25, 0.3) is 0 Å². The number of hydrogen-bond donors (Lipinski definition) is 0. The molecular weight excluding hydrogens is 294 g/mol. The van der Waals surface area contributed by atoms with Gasteiger partial charge in [-0.2, -0.15) is 0 Å². The summed E-state index contributed by atoms with van der Waals surface area (Å²) in [5.41, 5.74) is -0.845. The number of ether oxygens (including phenoxy) is 2. The van der Waals surface area contributed by atoms with Gasteiger partial charge in [0.15, 0.2) is 0 Å². The van der Waals surface area contributed by atoms with Crippen LogP contribution >= 0.6 is 0 Å². The van der Waals surface area contributed by atoms with Crippen LogP contribution in [0.5, 0.6) is 0 Å². The zero-order chi connectivity index (χ0) is 17.0. The van der Waals surface area contributed by atoms with Crippen LogP contribution in [0.3, 0.4) is 0 Å². The molecule has 134 valence electrons. The van der Waals surface area contributed by atoms with Gasteiger partial charge in [0.05, 0.1) is 24.9 Å². The maximum atomic E-state index is 12.0. The molecule has 0 radical (unpaired) electrons. The third kappa shape index (κ3) is 4.05. The van der Waals surface area contributed by atoms with E-state index in [4.69, 9.17) is 9.47 Å². The van der Waals surface area contributed by atoms with E-state index in [2.05, 4.69) is 20.8 Å². The smallest absolute Gasteiger partial charge is 0.227 e. The third-order valence-corrected chi connectivity index (χ3v) is 5.92. The molecule has 23 heavy (non-hydrogen) atoms. The lowest BCUT2D eigenvalue weighted by Gasteiger charge is -2.39. The lowest BCUT2D eigenvalue weighted by Crippen LogP contribution is -2.51. The van der Waals surface area contributed by atoms with Crippen LogP contribution in [0.25, 0.3) is 0 Å². The van der Waals surface area contributed by atoms with Crippen molar-refractivity contribution in [2.75, 3.05) is 6.61 Å². The summed E-state index contributed by atoms with van der Waals surface area (Å²) < 4.78 is 12.3. The lowest BCUT2D eigenvalue weighted by molar-refractivity contribution is -0.585. The summed E-state index contributed by atoms with van der Waals surface area (Å²) in [6, 6.07) is 0. The van der Waals surface area contributed by atoms with E-state index in [1.807, 2.05) is 6.92 Å². The average Bonchev–Trinajstić information content (AvgIpc) is 2.65. The van der Waals surface area contributed by atoms with Crippen molar-refractivity contribution in [1.29, 1.82) is 0 Å². The van der Waals surface area contributed by atoms with E-state index in [-0.39, 0.29) is 29.2 Å².